The fraction of sp³-hybridized carbons (Fsp3) is 0.533. The van der Waals surface area contributed by atoms with E-state index in [1.165, 1.54) is 19.3 Å². The molecule has 2 rings (SSSR count). The Morgan fingerprint density at radius 2 is 2.06 bits per heavy atom. The highest BCUT2D eigenvalue weighted by atomic mass is 35.5. The van der Waals surface area contributed by atoms with Crippen molar-refractivity contribution < 1.29 is 0 Å². The van der Waals surface area contributed by atoms with Crippen LogP contribution in [-0.4, -0.2) is 6.04 Å². The van der Waals surface area contributed by atoms with Crippen molar-refractivity contribution in [1.29, 1.82) is 5.26 Å². The summed E-state index contributed by atoms with van der Waals surface area (Å²) in [4.78, 5) is 0. The van der Waals surface area contributed by atoms with E-state index in [1.807, 2.05) is 25.1 Å². The molecule has 1 aliphatic carbocycles. The van der Waals surface area contributed by atoms with Crippen LogP contribution in [0, 0.1) is 24.2 Å². The summed E-state index contributed by atoms with van der Waals surface area (Å²) in [5, 5.41) is 13.6. The monoisotopic (exact) mass is 262 g/mol. The second-order valence-electron chi connectivity index (χ2n) is 5.08. The van der Waals surface area contributed by atoms with Crippen LogP contribution in [0.3, 0.4) is 0 Å². The van der Waals surface area contributed by atoms with E-state index in [2.05, 4.69) is 11.4 Å². The Bertz CT molecular complexity index is 450. The Balaban J connectivity index is 2.13. The SMILES string of the molecule is Cc1cc(Cl)ccc1NC1CCCCCC1C#N. The molecule has 1 saturated carbocycles. The summed E-state index contributed by atoms with van der Waals surface area (Å²) in [6.45, 7) is 2.05. The molecule has 0 amide bonds. The zero-order chi connectivity index (χ0) is 13.0. The number of anilines is 1. The molecule has 0 saturated heterocycles. The van der Waals surface area contributed by atoms with Gasteiger partial charge in [0.05, 0.1) is 12.0 Å². The van der Waals surface area contributed by atoms with Crippen molar-refractivity contribution in [1.82, 2.24) is 0 Å². The number of benzene rings is 1. The predicted octanol–water partition coefficient (Wildman–Crippen LogP) is 4.53. The van der Waals surface area contributed by atoms with Gasteiger partial charge in [0.25, 0.3) is 0 Å². The number of halogens is 1. The molecule has 0 aromatic heterocycles. The third-order valence-corrected chi connectivity index (χ3v) is 3.95. The van der Waals surface area contributed by atoms with Crippen LogP contribution in [0.2, 0.25) is 5.02 Å². The molecule has 0 radical (unpaired) electrons. The lowest BCUT2D eigenvalue weighted by molar-refractivity contribution is 0.514. The minimum Gasteiger partial charge on any atom is -0.381 e. The molecule has 2 atom stereocenters. The van der Waals surface area contributed by atoms with Crippen molar-refractivity contribution in [2.75, 3.05) is 5.32 Å². The summed E-state index contributed by atoms with van der Waals surface area (Å²) in [5.41, 5.74) is 2.25. The third kappa shape index (κ3) is 3.17. The number of aryl methyl sites for hydroxylation is 1. The summed E-state index contributed by atoms with van der Waals surface area (Å²) in [7, 11) is 0. The lowest BCUT2D eigenvalue weighted by atomic mass is 9.96. The second kappa shape index (κ2) is 6.11. The molecule has 1 aliphatic rings. The zero-order valence-electron chi connectivity index (χ0n) is 10.7. The Kier molecular flexibility index (Phi) is 4.49. The molecule has 0 spiro atoms. The van der Waals surface area contributed by atoms with Crippen molar-refractivity contribution in [3.63, 3.8) is 0 Å². The minimum absolute atomic E-state index is 0.127. The van der Waals surface area contributed by atoms with Crippen LogP contribution in [0.4, 0.5) is 5.69 Å². The molecule has 2 unspecified atom stereocenters. The first-order valence-electron chi connectivity index (χ1n) is 6.63. The number of hydrogen-bond donors (Lipinski definition) is 1. The van der Waals surface area contributed by atoms with E-state index < -0.39 is 0 Å². The molecular formula is C15H19ClN2. The smallest absolute Gasteiger partial charge is 0.0677 e. The highest BCUT2D eigenvalue weighted by Gasteiger charge is 2.23. The van der Waals surface area contributed by atoms with Gasteiger partial charge in [-0.05, 0) is 43.5 Å². The molecule has 0 bridgehead atoms. The van der Waals surface area contributed by atoms with Gasteiger partial charge >= 0.3 is 0 Å². The van der Waals surface area contributed by atoms with Crippen LogP contribution in [-0.2, 0) is 0 Å². The fourth-order valence-corrected chi connectivity index (χ4v) is 2.85. The predicted molar refractivity (Wildman–Crippen MR) is 75.8 cm³/mol. The van der Waals surface area contributed by atoms with E-state index in [9.17, 15) is 5.26 Å². The number of nitriles is 1. The maximum absolute atomic E-state index is 9.27. The molecule has 1 aromatic rings. The first-order chi connectivity index (χ1) is 8.70. The molecule has 1 N–H and O–H groups in total. The van der Waals surface area contributed by atoms with Gasteiger partial charge in [0.1, 0.15) is 0 Å². The molecule has 0 heterocycles. The molecule has 3 heteroatoms. The van der Waals surface area contributed by atoms with Gasteiger partial charge in [-0.1, -0.05) is 30.9 Å². The van der Waals surface area contributed by atoms with Crippen LogP contribution in [0.1, 0.15) is 37.7 Å². The van der Waals surface area contributed by atoms with Crippen LogP contribution in [0.15, 0.2) is 18.2 Å². The Morgan fingerprint density at radius 3 is 2.78 bits per heavy atom. The average molecular weight is 263 g/mol. The van der Waals surface area contributed by atoms with Gasteiger partial charge in [-0.2, -0.15) is 5.26 Å². The second-order valence-corrected chi connectivity index (χ2v) is 5.52. The largest absolute Gasteiger partial charge is 0.381 e. The van der Waals surface area contributed by atoms with Crippen LogP contribution >= 0.6 is 11.6 Å². The summed E-state index contributed by atoms with van der Waals surface area (Å²) in [6, 6.07) is 8.60. The molecule has 18 heavy (non-hydrogen) atoms. The highest BCUT2D eigenvalue weighted by molar-refractivity contribution is 6.30. The van der Waals surface area contributed by atoms with E-state index in [0.717, 1.165) is 29.1 Å². The minimum atomic E-state index is 0.127. The van der Waals surface area contributed by atoms with Crippen molar-refractivity contribution in [3.8, 4) is 6.07 Å². The van der Waals surface area contributed by atoms with Gasteiger partial charge in [0.15, 0.2) is 0 Å². The van der Waals surface area contributed by atoms with E-state index in [4.69, 9.17) is 11.6 Å². The van der Waals surface area contributed by atoms with Gasteiger partial charge < -0.3 is 5.32 Å². The summed E-state index contributed by atoms with van der Waals surface area (Å²) in [5.74, 6) is 0.127. The van der Waals surface area contributed by atoms with Gasteiger partial charge in [-0.3, -0.25) is 0 Å². The first-order valence-corrected chi connectivity index (χ1v) is 7.01. The molecule has 1 fully saturated rings. The standard InChI is InChI=1S/C15H19ClN2/c1-11-9-13(16)7-8-14(11)18-15-6-4-2-3-5-12(15)10-17/h7-9,12,15,18H,2-6H2,1H3. The van der Waals surface area contributed by atoms with E-state index in [0.29, 0.717) is 0 Å². The van der Waals surface area contributed by atoms with E-state index in [1.54, 1.807) is 0 Å². The van der Waals surface area contributed by atoms with E-state index in [-0.39, 0.29) is 12.0 Å². The summed E-state index contributed by atoms with van der Waals surface area (Å²) in [6.07, 6.45) is 5.73. The molecular weight excluding hydrogens is 244 g/mol. The van der Waals surface area contributed by atoms with Gasteiger partial charge in [0, 0.05) is 16.8 Å². The Hall–Kier alpha value is -1.20. The van der Waals surface area contributed by atoms with Crippen molar-refractivity contribution in [2.24, 2.45) is 5.92 Å². The third-order valence-electron chi connectivity index (χ3n) is 3.71. The first kappa shape index (κ1) is 13.2. The number of hydrogen-bond acceptors (Lipinski definition) is 2. The van der Waals surface area contributed by atoms with Crippen LogP contribution in [0.25, 0.3) is 0 Å². The Labute approximate surface area is 114 Å². The maximum atomic E-state index is 9.27. The summed E-state index contributed by atoms with van der Waals surface area (Å²) < 4.78 is 0. The quantitative estimate of drug-likeness (QED) is 0.795. The number of nitrogens with one attached hydrogen (secondary N) is 1. The van der Waals surface area contributed by atoms with Gasteiger partial charge in [0.2, 0.25) is 0 Å². The molecule has 1 aromatic carbocycles. The lowest BCUT2D eigenvalue weighted by Crippen LogP contribution is -2.27. The normalized spacial score (nSPS) is 24.1. The number of nitrogens with zero attached hydrogens (tertiary/aromatic N) is 1. The van der Waals surface area contributed by atoms with Crippen molar-refractivity contribution in [3.05, 3.63) is 28.8 Å². The van der Waals surface area contributed by atoms with Crippen LogP contribution in [0.5, 0.6) is 0 Å². The van der Waals surface area contributed by atoms with Gasteiger partial charge in [-0.15, -0.1) is 0 Å². The van der Waals surface area contributed by atoms with Gasteiger partial charge in [-0.25, -0.2) is 0 Å². The van der Waals surface area contributed by atoms with Crippen molar-refractivity contribution >= 4 is 17.3 Å². The lowest BCUT2D eigenvalue weighted by Gasteiger charge is -2.23. The Morgan fingerprint density at radius 1 is 1.28 bits per heavy atom. The molecule has 0 aliphatic heterocycles. The van der Waals surface area contributed by atoms with Crippen molar-refractivity contribution in [2.45, 2.75) is 45.1 Å². The maximum Gasteiger partial charge on any atom is 0.0677 e. The molecule has 2 nitrogen and oxygen atoms in total. The highest BCUT2D eigenvalue weighted by Crippen LogP contribution is 2.28. The average Bonchev–Trinajstić information content (AvgIpc) is 2.57. The fourth-order valence-electron chi connectivity index (χ4n) is 2.62. The molecule has 96 valence electrons. The number of rotatable bonds is 2. The zero-order valence-corrected chi connectivity index (χ0v) is 11.5. The van der Waals surface area contributed by atoms with Crippen LogP contribution < -0.4 is 5.32 Å². The summed E-state index contributed by atoms with van der Waals surface area (Å²) >= 11 is 5.96. The van der Waals surface area contributed by atoms with E-state index >= 15 is 0 Å². The topological polar surface area (TPSA) is 35.8 Å².